The number of anilines is 1. The van der Waals surface area contributed by atoms with E-state index in [1.807, 2.05) is 23.8 Å². The molecule has 0 radical (unpaired) electrons. The zero-order valence-electron chi connectivity index (χ0n) is 9.51. The van der Waals surface area contributed by atoms with Crippen molar-refractivity contribution >= 4 is 44.5 Å². The van der Waals surface area contributed by atoms with Crippen LogP contribution in [0.4, 0.5) is 5.69 Å². The molecular weight excluding hydrogens is 266 g/mol. The summed E-state index contributed by atoms with van der Waals surface area (Å²) in [5.41, 5.74) is 2.65. The van der Waals surface area contributed by atoms with Gasteiger partial charge in [-0.15, -0.1) is 27.8 Å². The number of thiophene rings is 2. The molecule has 4 nitrogen and oxygen atoms in total. The summed E-state index contributed by atoms with van der Waals surface area (Å²) in [4.78, 5) is 12.7. The molecule has 0 aromatic carbocycles. The summed E-state index contributed by atoms with van der Waals surface area (Å²) in [6, 6.07) is 3.65. The van der Waals surface area contributed by atoms with E-state index in [9.17, 15) is 4.79 Å². The zero-order chi connectivity index (χ0) is 12.5. The van der Waals surface area contributed by atoms with E-state index in [-0.39, 0.29) is 5.91 Å². The Bertz CT molecular complexity index is 703. The van der Waals surface area contributed by atoms with Gasteiger partial charge in [-0.05, 0) is 29.3 Å². The van der Waals surface area contributed by atoms with Crippen molar-refractivity contribution in [2.24, 2.45) is 0 Å². The number of fused-ring (bicyclic) bond motifs is 1. The average molecular weight is 275 g/mol. The van der Waals surface area contributed by atoms with Crippen LogP contribution in [-0.2, 0) is 0 Å². The van der Waals surface area contributed by atoms with E-state index in [1.54, 1.807) is 23.6 Å². The minimum atomic E-state index is -0.106. The van der Waals surface area contributed by atoms with Crippen molar-refractivity contribution in [1.82, 2.24) is 10.2 Å². The van der Waals surface area contributed by atoms with Gasteiger partial charge in [0.1, 0.15) is 5.52 Å². The standard InChI is InChI=1S/C12H9N3OS2/c1-7-6-18-11-8(5-13-15-10(7)11)14-12(16)9-3-2-4-17-9/h2-6H,1H3,(H,14,15,16). The largest absolute Gasteiger partial charge is 0.319 e. The monoisotopic (exact) mass is 275 g/mol. The molecule has 3 aromatic rings. The second kappa shape index (κ2) is 4.47. The molecule has 3 aromatic heterocycles. The third kappa shape index (κ3) is 1.89. The summed E-state index contributed by atoms with van der Waals surface area (Å²) in [7, 11) is 0. The Labute approximate surface area is 111 Å². The highest BCUT2D eigenvalue weighted by atomic mass is 32.1. The minimum absolute atomic E-state index is 0.106. The van der Waals surface area contributed by atoms with Crippen LogP contribution in [0.25, 0.3) is 10.2 Å². The summed E-state index contributed by atoms with van der Waals surface area (Å²) in [6.07, 6.45) is 1.59. The minimum Gasteiger partial charge on any atom is -0.319 e. The molecule has 0 bridgehead atoms. The Morgan fingerprint density at radius 3 is 3.06 bits per heavy atom. The second-order valence-electron chi connectivity index (χ2n) is 3.79. The summed E-state index contributed by atoms with van der Waals surface area (Å²) in [5, 5.41) is 14.8. The van der Waals surface area contributed by atoms with Gasteiger partial charge in [0.15, 0.2) is 0 Å². The van der Waals surface area contributed by atoms with Crippen LogP contribution >= 0.6 is 22.7 Å². The van der Waals surface area contributed by atoms with Crippen LogP contribution in [0.1, 0.15) is 15.2 Å². The first kappa shape index (κ1) is 11.3. The normalized spacial score (nSPS) is 10.7. The fourth-order valence-electron chi connectivity index (χ4n) is 1.64. The van der Waals surface area contributed by atoms with Crippen LogP contribution < -0.4 is 5.32 Å². The first-order valence-electron chi connectivity index (χ1n) is 5.30. The molecule has 0 aliphatic heterocycles. The first-order valence-corrected chi connectivity index (χ1v) is 7.06. The highest BCUT2D eigenvalue weighted by Gasteiger charge is 2.12. The third-order valence-corrected chi connectivity index (χ3v) is 4.51. The van der Waals surface area contributed by atoms with Gasteiger partial charge in [-0.3, -0.25) is 4.79 Å². The second-order valence-corrected chi connectivity index (χ2v) is 5.61. The van der Waals surface area contributed by atoms with Crippen LogP contribution in [0, 0.1) is 6.92 Å². The molecule has 3 heterocycles. The van der Waals surface area contributed by atoms with Gasteiger partial charge in [-0.1, -0.05) is 6.07 Å². The summed E-state index contributed by atoms with van der Waals surface area (Å²) in [5.74, 6) is -0.106. The molecule has 0 unspecified atom stereocenters. The number of rotatable bonds is 2. The van der Waals surface area contributed by atoms with E-state index in [2.05, 4.69) is 15.5 Å². The van der Waals surface area contributed by atoms with Crippen molar-refractivity contribution in [3.05, 3.63) is 39.5 Å². The summed E-state index contributed by atoms with van der Waals surface area (Å²) in [6.45, 7) is 1.98. The fraction of sp³-hybridized carbons (Fsp3) is 0.0833. The number of hydrogen-bond donors (Lipinski definition) is 1. The SMILES string of the molecule is Cc1csc2c(NC(=O)c3cccs3)cnnc12. The molecule has 0 saturated carbocycles. The van der Waals surface area contributed by atoms with E-state index in [1.165, 1.54) is 11.3 Å². The van der Waals surface area contributed by atoms with E-state index in [0.29, 0.717) is 4.88 Å². The lowest BCUT2D eigenvalue weighted by Crippen LogP contribution is -2.10. The lowest BCUT2D eigenvalue weighted by Gasteiger charge is -2.03. The van der Waals surface area contributed by atoms with Gasteiger partial charge in [0.05, 0.1) is 21.5 Å². The Balaban J connectivity index is 1.98. The van der Waals surface area contributed by atoms with Crippen molar-refractivity contribution in [3.8, 4) is 0 Å². The summed E-state index contributed by atoms with van der Waals surface area (Å²) >= 11 is 2.98. The van der Waals surface area contributed by atoms with E-state index in [4.69, 9.17) is 0 Å². The molecule has 90 valence electrons. The highest BCUT2D eigenvalue weighted by Crippen LogP contribution is 2.29. The Morgan fingerprint density at radius 2 is 2.28 bits per heavy atom. The molecule has 0 spiro atoms. The van der Waals surface area contributed by atoms with Crippen molar-refractivity contribution in [2.45, 2.75) is 6.92 Å². The van der Waals surface area contributed by atoms with E-state index >= 15 is 0 Å². The molecule has 18 heavy (non-hydrogen) atoms. The molecule has 0 atom stereocenters. The number of aromatic nitrogens is 2. The number of hydrogen-bond acceptors (Lipinski definition) is 5. The number of carbonyl (C=O) groups excluding carboxylic acids is 1. The fourth-order valence-corrected chi connectivity index (χ4v) is 3.21. The van der Waals surface area contributed by atoms with Gasteiger partial charge in [0, 0.05) is 0 Å². The lowest BCUT2D eigenvalue weighted by atomic mass is 10.3. The number of amides is 1. The van der Waals surface area contributed by atoms with Crippen molar-refractivity contribution in [2.75, 3.05) is 5.32 Å². The van der Waals surface area contributed by atoms with Crippen LogP contribution in [0.2, 0.25) is 0 Å². The average Bonchev–Trinajstić information content (AvgIpc) is 3.00. The smallest absolute Gasteiger partial charge is 0.265 e. The maximum absolute atomic E-state index is 12.0. The van der Waals surface area contributed by atoms with Crippen LogP contribution in [-0.4, -0.2) is 16.1 Å². The van der Waals surface area contributed by atoms with Gasteiger partial charge >= 0.3 is 0 Å². The maximum Gasteiger partial charge on any atom is 0.265 e. The quantitative estimate of drug-likeness (QED) is 0.780. The molecule has 0 aliphatic rings. The molecule has 6 heteroatoms. The van der Waals surface area contributed by atoms with E-state index < -0.39 is 0 Å². The summed E-state index contributed by atoms with van der Waals surface area (Å²) < 4.78 is 0.965. The third-order valence-electron chi connectivity index (χ3n) is 2.52. The molecule has 1 N–H and O–H groups in total. The zero-order valence-corrected chi connectivity index (χ0v) is 11.1. The molecule has 0 fully saturated rings. The van der Waals surface area contributed by atoms with Gasteiger partial charge in [-0.25, -0.2) is 0 Å². The Morgan fingerprint density at radius 1 is 1.39 bits per heavy atom. The van der Waals surface area contributed by atoms with Gasteiger partial charge in [0.2, 0.25) is 0 Å². The van der Waals surface area contributed by atoms with E-state index in [0.717, 1.165) is 21.5 Å². The van der Waals surface area contributed by atoms with Crippen molar-refractivity contribution in [3.63, 3.8) is 0 Å². The van der Waals surface area contributed by atoms with Crippen LogP contribution in [0.5, 0.6) is 0 Å². The first-order chi connectivity index (χ1) is 8.75. The van der Waals surface area contributed by atoms with Gasteiger partial charge in [0.25, 0.3) is 5.91 Å². The lowest BCUT2D eigenvalue weighted by molar-refractivity contribution is 0.103. The Kier molecular flexibility index (Phi) is 2.81. The molecule has 1 amide bonds. The highest BCUT2D eigenvalue weighted by molar-refractivity contribution is 7.18. The van der Waals surface area contributed by atoms with Crippen LogP contribution in [0.3, 0.4) is 0 Å². The number of nitrogens with one attached hydrogen (secondary N) is 1. The topological polar surface area (TPSA) is 54.9 Å². The molecule has 0 aliphatic carbocycles. The predicted molar refractivity (Wildman–Crippen MR) is 74.4 cm³/mol. The van der Waals surface area contributed by atoms with Crippen molar-refractivity contribution in [1.29, 1.82) is 0 Å². The molecule has 0 saturated heterocycles. The predicted octanol–water partition coefficient (Wildman–Crippen LogP) is 3.31. The van der Waals surface area contributed by atoms with Crippen molar-refractivity contribution < 1.29 is 4.79 Å². The molecular formula is C12H9N3OS2. The maximum atomic E-state index is 12.0. The number of carbonyl (C=O) groups is 1. The number of nitrogens with zero attached hydrogens (tertiary/aromatic N) is 2. The van der Waals surface area contributed by atoms with Gasteiger partial charge in [-0.2, -0.15) is 5.10 Å². The molecule has 3 rings (SSSR count). The number of aryl methyl sites for hydroxylation is 1. The Hall–Kier alpha value is -1.79. The van der Waals surface area contributed by atoms with Gasteiger partial charge < -0.3 is 5.32 Å². The van der Waals surface area contributed by atoms with Crippen LogP contribution in [0.15, 0.2) is 29.1 Å².